The van der Waals surface area contributed by atoms with Crippen molar-refractivity contribution in [3.8, 4) is 5.69 Å². The van der Waals surface area contributed by atoms with Crippen LogP contribution in [0.5, 0.6) is 0 Å². The smallest absolute Gasteiger partial charge is 0.251 e. The zero-order valence-corrected chi connectivity index (χ0v) is 13.8. The van der Waals surface area contributed by atoms with Gasteiger partial charge in [-0.2, -0.15) is 5.10 Å². The zero-order chi connectivity index (χ0) is 16.9. The number of nitrogens with zero attached hydrogens (tertiary/aromatic N) is 4. The predicted molar refractivity (Wildman–Crippen MR) is 85.8 cm³/mol. The zero-order valence-electron chi connectivity index (χ0n) is 13.0. The van der Waals surface area contributed by atoms with Crippen LogP contribution in [0.3, 0.4) is 0 Å². The van der Waals surface area contributed by atoms with Crippen LogP contribution in [0.1, 0.15) is 16.8 Å². The predicted octanol–water partition coefficient (Wildman–Crippen LogP) is 0.279. The summed E-state index contributed by atoms with van der Waals surface area (Å²) in [7, 11) is -1.66. The van der Waals surface area contributed by atoms with Gasteiger partial charge in [-0.3, -0.25) is 4.79 Å². The van der Waals surface area contributed by atoms with E-state index in [1.54, 1.807) is 35.3 Å². The average Bonchev–Trinajstić information content (AvgIpc) is 3.04. The van der Waals surface area contributed by atoms with Crippen molar-refractivity contribution in [2.45, 2.75) is 6.42 Å². The Kier molecular flexibility index (Phi) is 5.45. The molecular formula is C14H19N5O3S. The molecule has 0 atom stereocenters. The number of hydrogen-bond donors (Lipinski definition) is 1. The van der Waals surface area contributed by atoms with E-state index in [1.807, 2.05) is 0 Å². The van der Waals surface area contributed by atoms with Crippen molar-refractivity contribution in [1.29, 1.82) is 0 Å². The van der Waals surface area contributed by atoms with E-state index >= 15 is 0 Å². The SMILES string of the molecule is CN(CCCNC(=O)c1ccc(-n2cncn2)cc1)S(C)(=O)=O. The third-order valence-corrected chi connectivity index (χ3v) is 4.63. The van der Waals surface area contributed by atoms with Crippen LogP contribution in [-0.4, -0.2) is 59.8 Å². The first-order chi connectivity index (χ1) is 10.9. The molecule has 0 unspecified atom stereocenters. The Morgan fingerprint density at radius 1 is 1.30 bits per heavy atom. The van der Waals surface area contributed by atoms with Gasteiger partial charge in [0.05, 0.1) is 11.9 Å². The van der Waals surface area contributed by atoms with Gasteiger partial charge in [-0.15, -0.1) is 0 Å². The van der Waals surface area contributed by atoms with Crippen LogP contribution in [0, 0.1) is 0 Å². The summed E-state index contributed by atoms with van der Waals surface area (Å²) < 4.78 is 25.3. The lowest BCUT2D eigenvalue weighted by atomic mass is 10.2. The van der Waals surface area contributed by atoms with Gasteiger partial charge < -0.3 is 5.32 Å². The number of aromatic nitrogens is 3. The van der Waals surface area contributed by atoms with E-state index in [9.17, 15) is 13.2 Å². The fraction of sp³-hybridized carbons (Fsp3) is 0.357. The summed E-state index contributed by atoms with van der Waals surface area (Å²) in [5.74, 6) is -0.197. The molecule has 1 amide bonds. The van der Waals surface area contributed by atoms with Gasteiger partial charge in [-0.25, -0.2) is 22.4 Å². The summed E-state index contributed by atoms with van der Waals surface area (Å²) in [6, 6.07) is 6.96. The number of carbonyl (C=O) groups excluding carboxylic acids is 1. The first kappa shape index (κ1) is 17.1. The Morgan fingerprint density at radius 3 is 2.57 bits per heavy atom. The molecule has 1 aromatic carbocycles. The molecule has 2 aromatic rings. The molecule has 8 nitrogen and oxygen atoms in total. The molecule has 1 aromatic heterocycles. The first-order valence-corrected chi connectivity index (χ1v) is 8.87. The van der Waals surface area contributed by atoms with Gasteiger partial charge >= 0.3 is 0 Å². The van der Waals surface area contributed by atoms with Crippen molar-refractivity contribution < 1.29 is 13.2 Å². The third-order valence-electron chi connectivity index (χ3n) is 3.31. The molecule has 0 saturated heterocycles. The van der Waals surface area contributed by atoms with E-state index in [1.165, 1.54) is 17.7 Å². The Bertz CT molecular complexity index is 741. The number of rotatable bonds is 7. The van der Waals surface area contributed by atoms with E-state index in [2.05, 4.69) is 15.4 Å². The standard InChI is InChI=1S/C14H19N5O3S/c1-18(23(2,21)22)9-3-8-16-14(20)12-4-6-13(7-5-12)19-11-15-10-17-19/h4-7,10-11H,3,8-9H2,1-2H3,(H,16,20). The quantitative estimate of drug-likeness (QED) is 0.732. The molecule has 0 radical (unpaired) electrons. The lowest BCUT2D eigenvalue weighted by Crippen LogP contribution is -2.30. The molecule has 1 heterocycles. The maximum absolute atomic E-state index is 12.0. The summed E-state index contributed by atoms with van der Waals surface area (Å²) in [6.07, 6.45) is 4.72. The Balaban J connectivity index is 1.82. The second-order valence-corrected chi connectivity index (χ2v) is 7.17. The molecular weight excluding hydrogens is 318 g/mol. The molecule has 23 heavy (non-hydrogen) atoms. The van der Waals surface area contributed by atoms with Crippen molar-refractivity contribution in [3.05, 3.63) is 42.5 Å². The molecule has 0 fully saturated rings. The molecule has 0 saturated carbocycles. The topological polar surface area (TPSA) is 97.2 Å². The van der Waals surface area contributed by atoms with Crippen LogP contribution in [0.15, 0.2) is 36.9 Å². The molecule has 0 spiro atoms. The molecule has 0 aliphatic heterocycles. The van der Waals surface area contributed by atoms with Crippen LogP contribution in [0.25, 0.3) is 5.69 Å². The summed E-state index contributed by atoms with van der Waals surface area (Å²) in [6.45, 7) is 0.772. The van der Waals surface area contributed by atoms with Gasteiger partial charge in [0.1, 0.15) is 12.7 Å². The highest BCUT2D eigenvalue weighted by molar-refractivity contribution is 7.88. The van der Waals surface area contributed by atoms with Crippen molar-refractivity contribution >= 4 is 15.9 Å². The summed E-state index contributed by atoms with van der Waals surface area (Å²) in [5.41, 5.74) is 1.35. The highest BCUT2D eigenvalue weighted by atomic mass is 32.2. The highest BCUT2D eigenvalue weighted by Gasteiger charge is 2.10. The van der Waals surface area contributed by atoms with Gasteiger partial charge in [0, 0.05) is 25.7 Å². The minimum Gasteiger partial charge on any atom is -0.352 e. The van der Waals surface area contributed by atoms with Crippen molar-refractivity contribution in [2.24, 2.45) is 0 Å². The summed E-state index contributed by atoms with van der Waals surface area (Å²) in [5, 5.41) is 6.77. The van der Waals surface area contributed by atoms with Gasteiger partial charge in [0.25, 0.3) is 5.91 Å². The van der Waals surface area contributed by atoms with E-state index in [4.69, 9.17) is 0 Å². The monoisotopic (exact) mass is 337 g/mol. The first-order valence-electron chi connectivity index (χ1n) is 7.02. The number of amides is 1. The average molecular weight is 337 g/mol. The lowest BCUT2D eigenvalue weighted by Gasteiger charge is -2.13. The van der Waals surface area contributed by atoms with E-state index < -0.39 is 10.0 Å². The molecule has 124 valence electrons. The van der Waals surface area contributed by atoms with E-state index in [-0.39, 0.29) is 5.91 Å². The minimum absolute atomic E-state index is 0.197. The largest absolute Gasteiger partial charge is 0.352 e. The summed E-state index contributed by atoms with van der Waals surface area (Å²) >= 11 is 0. The van der Waals surface area contributed by atoms with Gasteiger partial charge in [0.15, 0.2) is 0 Å². The number of benzene rings is 1. The van der Waals surface area contributed by atoms with Gasteiger partial charge in [-0.05, 0) is 30.7 Å². The fourth-order valence-corrected chi connectivity index (χ4v) is 2.34. The number of sulfonamides is 1. The normalized spacial score (nSPS) is 11.6. The maximum atomic E-state index is 12.0. The second kappa shape index (κ2) is 7.34. The van der Waals surface area contributed by atoms with Gasteiger partial charge in [0.2, 0.25) is 10.0 Å². The van der Waals surface area contributed by atoms with E-state index in [0.717, 1.165) is 11.9 Å². The van der Waals surface area contributed by atoms with Crippen LogP contribution < -0.4 is 5.32 Å². The molecule has 0 aliphatic rings. The molecule has 0 bridgehead atoms. The van der Waals surface area contributed by atoms with E-state index in [0.29, 0.717) is 25.1 Å². The Hall–Kier alpha value is -2.26. The number of hydrogen-bond acceptors (Lipinski definition) is 5. The fourth-order valence-electron chi connectivity index (χ4n) is 1.88. The van der Waals surface area contributed by atoms with Crippen LogP contribution >= 0.6 is 0 Å². The highest BCUT2D eigenvalue weighted by Crippen LogP contribution is 2.08. The Morgan fingerprint density at radius 2 is 2.00 bits per heavy atom. The molecule has 1 N–H and O–H groups in total. The second-order valence-electron chi connectivity index (χ2n) is 5.08. The van der Waals surface area contributed by atoms with Crippen LogP contribution in [0.2, 0.25) is 0 Å². The Labute approximate surface area is 135 Å². The minimum atomic E-state index is -3.17. The molecule has 0 aliphatic carbocycles. The number of carbonyl (C=O) groups is 1. The lowest BCUT2D eigenvalue weighted by molar-refractivity contribution is 0.0953. The van der Waals surface area contributed by atoms with Gasteiger partial charge in [-0.1, -0.05) is 0 Å². The number of nitrogens with one attached hydrogen (secondary N) is 1. The molecule has 2 rings (SSSR count). The van der Waals surface area contributed by atoms with Crippen molar-refractivity contribution in [3.63, 3.8) is 0 Å². The van der Waals surface area contributed by atoms with Crippen LogP contribution in [-0.2, 0) is 10.0 Å². The summed E-state index contributed by atoms with van der Waals surface area (Å²) in [4.78, 5) is 15.9. The maximum Gasteiger partial charge on any atom is 0.251 e. The van der Waals surface area contributed by atoms with Crippen molar-refractivity contribution in [1.82, 2.24) is 24.4 Å². The van der Waals surface area contributed by atoms with Crippen LogP contribution in [0.4, 0.5) is 0 Å². The van der Waals surface area contributed by atoms with Crippen molar-refractivity contribution in [2.75, 3.05) is 26.4 Å². The third kappa shape index (κ3) is 4.86. The molecule has 9 heteroatoms.